The highest BCUT2D eigenvalue weighted by Crippen LogP contribution is 2.31. The Balaban J connectivity index is 1.51. The minimum atomic E-state index is -4.13. The van der Waals surface area contributed by atoms with Gasteiger partial charge in [0.1, 0.15) is 12.3 Å². The van der Waals surface area contributed by atoms with Crippen LogP contribution in [-0.4, -0.2) is 35.9 Å². The topological polar surface area (TPSA) is 122 Å². The minimum absolute atomic E-state index is 0.0144. The molecule has 0 bridgehead atoms. The number of nitrogens with zero attached hydrogens (tertiary/aromatic N) is 1. The highest BCUT2D eigenvalue weighted by molar-refractivity contribution is 7.93. The van der Waals surface area contributed by atoms with Crippen LogP contribution in [0, 0.1) is 0 Å². The van der Waals surface area contributed by atoms with Crippen molar-refractivity contribution in [2.45, 2.75) is 16.7 Å². The number of nitrogens with one attached hydrogen (secondary N) is 2. The first kappa shape index (κ1) is 30.2. The number of hydrogen-bond acceptors (Lipinski definition) is 6. The predicted molar refractivity (Wildman–Crippen MR) is 161 cm³/mol. The van der Waals surface area contributed by atoms with Crippen LogP contribution in [0.5, 0.6) is 5.75 Å². The van der Waals surface area contributed by atoms with Gasteiger partial charge in [-0.2, -0.15) is 0 Å². The van der Waals surface area contributed by atoms with Gasteiger partial charge in [-0.3, -0.25) is 13.8 Å². The SMILES string of the molecule is CCOc1ccc(S(=O)(=O)N(CC(=O)Nc2ccc(S(=O)(=O)Nc3cccc(Cl)c3Cl)cc2)c2ccccc2)cc1. The molecule has 0 unspecified atom stereocenters. The maximum absolute atomic E-state index is 13.6. The molecule has 2 N–H and O–H groups in total. The summed E-state index contributed by atoms with van der Waals surface area (Å²) in [5.41, 5.74) is 0.677. The van der Waals surface area contributed by atoms with Crippen LogP contribution in [0.4, 0.5) is 17.1 Å². The molecule has 4 aromatic carbocycles. The average molecular weight is 635 g/mol. The number of benzene rings is 4. The molecule has 0 atom stereocenters. The molecule has 9 nitrogen and oxygen atoms in total. The summed E-state index contributed by atoms with van der Waals surface area (Å²) >= 11 is 12.0. The fourth-order valence-electron chi connectivity index (χ4n) is 3.75. The van der Waals surface area contributed by atoms with Crippen molar-refractivity contribution in [2.75, 3.05) is 27.5 Å². The van der Waals surface area contributed by atoms with Crippen molar-refractivity contribution >= 4 is 66.2 Å². The molecular formula is C28H25Cl2N3O6S2. The van der Waals surface area contributed by atoms with Crippen LogP contribution in [-0.2, 0) is 24.8 Å². The van der Waals surface area contributed by atoms with Crippen molar-refractivity contribution in [3.8, 4) is 5.75 Å². The molecule has 13 heteroatoms. The first-order valence-electron chi connectivity index (χ1n) is 12.2. The molecule has 214 valence electrons. The number of carbonyl (C=O) groups is 1. The number of hydrogen-bond donors (Lipinski definition) is 2. The highest BCUT2D eigenvalue weighted by atomic mass is 35.5. The molecule has 41 heavy (non-hydrogen) atoms. The van der Waals surface area contributed by atoms with Gasteiger partial charge in [0.25, 0.3) is 20.0 Å². The second-order valence-corrected chi connectivity index (χ2v) is 12.9. The van der Waals surface area contributed by atoms with Crippen LogP contribution in [0.15, 0.2) is 107 Å². The van der Waals surface area contributed by atoms with Gasteiger partial charge in [0.05, 0.1) is 37.8 Å². The third kappa shape index (κ3) is 7.31. The van der Waals surface area contributed by atoms with E-state index >= 15 is 0 Å². The summed E-state index contributed by atoms with van der Waals surface area (Å²) in [5, 5.41) is 2.87. The van der Waals surface area contributed by atoms with E-state index < -0.39 is 32.5 Å². The minimum Gasteiger partial charge on any atom is -0.494 e. The molecule has 0 fully saturated rings. The van der Waals surface area contributed by atoms with E-state index in [-0.39, 0.29) is 31.2 Å². The third-order valence-corrected chi connectivity index (χ3v) is 9.69. The van der Waals surface area contributed by atoms with Gasteiger partial charge in [0, 0.05) is 5.69 Å². The zero-order valence-electron chi connectivity index (χ0n) is 21.6. The molecule has 1 amide bonds. The zero-order chi connectivity index (χ0) is 29.6. The van der Waals surface area contributed by atoms with Gasteiger partial charge in [-0.15, -0.1) is 0 Å². The number of amides is 1. The summed E-state index contributed by atoms with van der Waals surface area (Å²) in [7, 11) is -8.14. The lowest BCUT2D eigenvalue weighted by atomic mass is 10.3. The van der Waals surface area contributed by atoms with Crippen molar-refractivity contribution in [2.24, 2.45) is 0 Å². The lowest BCUT2D eigenvalue weighted by Crippen LogP contribution is -2.38. The molecule has 0 aliphatic rings. The molecular weight excluding hydrogens is 609 g/mol. The van der Waals surface area contributed by atoms with E-state index in [1.165, 1.54) is 48.5 Å². The Kier molecular flexibility index (Phi) is 9.44. The summed E-state index contributed by atoms with van der Waals surface area (Å²) in [5.74, 6) is -0.116. The molecule has 0 heterocycles. The second-order valence-electron chi connectivity index (χ2n) is 8.53. The van der Waals surface area contributed by atoms with Crippen molar-refractivity contribution < 1.29 is 26.4 Å². The number of carbonyl (C=O) groups excluding carboxylic acids is 1. The maximum atomic E-state index is 13.6. The highest BCUT2D eigenvalue weighted by Gasteiger charge is 2.27. The molecule has 0 aromatic heterocycles. The van der Waals surface area contributed by atoms with Crippen LogP contribution < -0.4 is 19.1 Å². The standard InChI is InChI=1S/C28H25Cl2N3O6S2/c1-2-39-22-13-17-24(18-14-22)41(37,38)33(21-7-4-3-5-8-21)19-27(34)31-20-11-15-23(16-12-20)40(35,36)32-26-10-6-9-25(29)28(26)30/h3-18,32H,2,19H2,1H3,(H,31,34). The number of sulfonamides is 2. The van der Waals surface area contributed by atoms with Crippen LogP contribution in [0.3, 0.4) is 0 Å². The Labute approximate surface area is 248 Å². The van der Waals surface area contributed by atoms with E-state index in [9.17, 15) is 21.6 Å². The van der Waals surface area contributed by atoms with E-state index in [1.54, 1.807) is 48.5 Å². The van der Waals surface area contributed by atoms with E-state index in [4.69, 9.17) is 27.9 Å². The van der Waals surface area contributed by atoms with Crippen molar-refractivity contribution in [1.82, 2.24) is 0 Å². The Morgan fingerprint density at radius 1 is 0.805 bits per heavy atom. The van der Waals surface area contributed by atoms with E-state index in [0.717, 1.165) is 4.31 Å². The molecule has 4 aromatic rings. The third-order valence-electron chi connectivity index (χ3n) is 5.70. The maximum Gasteiger partial charge on any atom is 0.264 e. The van der Waals surface area contributed by atoms with E-state index in [1.807, 2.05) is 6.92 Å². The number of halogens is 2. The average Bonchev–Trinajstić information content (AvgIpc) is 2.95. The van der Waals surface area contributed by atoms with Crippen LogP contribution in [0.2, 0.25) is 10.0 Å². The van der Waals surface area contributed by atoms with Gasteiger partial charge in [-0.25, -0.2) is 16.8 Å². The zero-order valence-corrected chi connectivity index (χ0v) is 24.8. The van der Waals surface area contributed by atoms with Crippen molar-refractivity contribution in [3.63, 3.8) is 0 Å². The second kappa shape index (κ2) is 12.8. The summed E-state index contributed by atoms with van der Waals surface area (Å²) in [4.78, 5) is 12.9. The molecule has 4 rings (SSSR count). The van der Waals surface area contributed by atoms with Crippen molar-refractivity contribution in [3.05, 3.63) is 107 Å². The summed E-state index contributed by atoms with van der Waals surface area (Å²) < 4.78 is 61.5. The number of rotatable bonds is 11. The Morgan fingerprint density at radius 2 is 1.44 bits per heavy atom. The molecule has 0 aliphatic carbocycles. The van der Waals surface area contributed by atoms with Crippen LogP contribution >= 0.6 is 23.2 Å². The summed E-state index contributed by atoms with van der Waals surface area (Å²) in [6.45, 7) is 1.72. The monoisotopic (exact) mass is 633 g/mol. The first-order valence-corrected chi connectivity index (χ1v) is 15.9. The number of anilines is 3. The molecule has 0 saturated heterocycles. The van der Waals surface area contributed by atoms with E-state index in [0.29, 0.717) is 18.0 Å². The van der Waals surface area contributed by atoms with Gasteiger partial charge < -0.3 is 10.1 Å². The Morgan fingerprint density at radius 3 is 2.07 bits per heavy atom. The lowest BCUT2D eigenvalue weighted by Gasteiger charge is -2.24. The first-order chi connectivity index (χ1) is 19.5. The largest absolute Gasteiger partial charge is 0.494 e. The lowest BCUT2D eigenvalue weighted by molar-refractivity contribution is -0.114. The molecule has 0 aliphatic heterocycles. The fourth-order valence-corrected chi connectivity index (χ4v) is 6.64. The van der Waals surface area contributed by atoms with Gasteiger partial charge >= 0.3 is 0 Å². The van der Waals surface area contributed by atoms with Crippen LogP contribution in [0.25, 0.3) is 0 Å². The van der Waals surface area contributed by atoms with Gasteiger partial charge in [0.15, 0.2) is 0 Å². The quantitative estimate of drug-likeness (QED) is 0.208. The van der Waals surface area contributed by atoms with Crippen molar-refractivity contribution in [1.29, 1.82) is 0 Å². The normalized spacial score (nSPS) is 11.5. The van der Waals surface area contributed by atoms with Gasteiger partial charge in [-0.05, 0) is 79.7 Å². The summed E-state index contributed by atoms with van der Waals surface area (Å²) in [6.07, 6.45) is 0. The summed E-state index contributed by atoms with van der Waals surface area (Å²) in [6, 6.07) is 24.1. The molecule has 0 radical (unpaired) electrons. The number of ether oxygens (including phenoxy) is 1. The van der Waals surface area contributed by atoms with Crippen LogP contribution in [0.1, 0.15) is 6.92 Å². The predicted octanol–water partition coefficient (Wildman–Crippen LogP) is 6.03. The van der Waals surface area contributed by atoms with E-state index in [2.05, 4.69) is 10.0 Å². The molecule has 0 spiro atoms. The number of para-hydroxylation sites is 1. The van der Waals surface area contributed by atoms with Gasteiger partial charge in [-0.1, -0.05) is 47.5 Å². The smallest absolute Gasteiger partial charge is 0.264 e. The Hall–Kier alpha value is -3.77. The fraction of sp³-hybridized carbons (Fsp3) is 0.107. The Bertz CT molecular complexity index is 1730. The molecule has 0 saturated carbocycles. The van der Waals surface area contributed by atoms with Gasteiger partial charge in [0.2, 0.25) is 5.91 Å².